The topological polar surface area (TPSA) is 105 Å². The van der Waals surface area contributed by atoms with Crippen molar-refractivity contribution in [1.82, 2.24) is 10.2 Å². The zero-order valence-corrected chi connectivity index (χ0v) is 18.4. The predicted molar refractivity (Wildman–Crippen MR) is 118 cm³/mol. The maximum Gasteiger partial charge on any atom is 0.261 e. The van der Waals surface area contributed by atoms with Gasteiger partial charge in [-0.25, -0.2) is 8.42 Å². The summed E-state index contributed by atoms with van der Waals surface area (Å²) < 4.78 is 33.1. The van der Waals surface area contributed by atoms with E-state index in [1.165, 1.54) is 26.2 Å². The van der Waals surface area contributed by atoms with Gasteiger partial charge in [0.1, 0.15) is 5.75 Å². The van der Waals surface area contributed by atoms with Crippen LogP contribution in [0.2, 0.25) is 0 Å². The van der Waals surface area contributed by atoms with Crippen molar-refractivity contribution >= 4 is 27.5 Å². The van der Waals surface area contributed by atoms with Gasteiger partial charge in [0.25, 0.3) is 15.9 Å². The van der Waals surface area contributed by atoms with E-state index < -0.39 is 10.0 Å². The lowest BCUT2D eigenvalue weighted by Gasteiger charge is -2.32. The van der Waals surface area contributed by atoms with E-state index >= 15 is 0 Å². The Morgan fingerprint density at radius 1 is 1.10 bits per heavy atom. The normalized spacial score (nSPS) is 14.7. The van der Waals surface area contributed by atoms with E-state index in [4.69, 9.17) is 4.74 Å². The molecule has 0 radical (unpaired) electrons. The van der Waals surface area contributed by atoms with Crippen molar-refractivity contribution in [2.45, 2.75) is 24.7 Å². The summed E-state index contributed by atoms with van der Waals surface area (Å²) in [6.07, 6.45) is 1.59. The zero-order chi connectivity index (χ0) is 22.4. The lowest BCUT2D eigenvalue weighted by Crippen LogP contribution is -2.41. The second-order valence-corrected chi connectivity index (χ2v) is 9.22. The van der Waals surface area contributed by atoms with Gasteiger partial charge in [0, 0.05) is 37.8 Å². The van der Waals surface area contributed by atoms with Crippen molar-refractivity contribution in [1.29, 1.82) is 0 Å². The second-order valence-electron chi connectivity index (χ2n) is 7.53. The third kappa shape index (κ3) is 5.97. The van der Waals surface area contributed by atoms with E-state index in [1.54, 1.807) is 41.3 Å². The Hall–Kier alpha value is -3.07. The van der Waals surface area contributed by atoms with Gasteiger partial charge >= 0.3 is 0 Å². The lowest BCUT2D eigenvalue weighted by atomic mass is 9.96. The molecule has 0 aromatic heterocycles. The van der Waals surface area contributed by atoms with Gasteiger partial charge in [-0.05, 0) is 61.2 Å². The number of carbonyl (C=O) groups excluding carboxylic acids is 2. The summed E-state index contributed by atoms with van der Waals surface area (Å²) in [5.41, 5.74) is 0.733. The maximum atomic E-state index is 12.9. The van der Waals surface area contributed by atoms with Crippen molar-refractivity contribution < 1.29 is 22.7 Å². The molecule has 3 rings (SSSR count). The third-order valence-corrected chi connectivity index (χ3v) is 6.65. The molecule has 9 heteroatoms. The number of piperidine rings is 1. The minimum absolute atomic E-state index is 0.0229. The number of hydrogen-bond acceptors (Lipinski definition) is 5. The van der Waals surface area contributed by atoms with Gasteiger partial charge in [0.15, 0.2) is 0 Å². The molecule has 2 amide bonds. The SMILES string of the molecule is COc1ccc(NS(=O)(=O)c2cccc(C(=O)N3CCC(CNC(C)=O)CC3)c2)cc1. The number of ether oxygens (including phenoxy) is 1. The molecule has 0 spiro atoms. The van der Waals surface area contributed by atoms with Crippen molar-refractivity contribution in [3.63, 3.8) is 0 Å². The molecule has 2 aromatic carbocycles. The number of nitrogens with zero attached hydrogens (tertiary/aromatic N) is 1. The first-order valence-electron chi connectivity index (χ1n) is 10.1. The Bertz CT molecular complexity index is 1030. The van der Waals surface area contributed by atoms with Gasteiger partial charge in [-0.2, -0.15) is 0 Å². The van der Waals surface area contributed by atoms with Crippen LogP contribution in [-0.4, -0.2) is 51.9 Å². The van der Waals surface area contributed by atoms with Crippen LogP contribution >= 0.6 is 0 Å². The van der Waals surface area contributed by atoms with E-state index in [9.17, 15) is 18.0 Å². The van der Waals surface area contributed by atoms with E-state index in [2.05, 4.69) is 10.0 Å². The number of methoxy groups -OCH3 is 1. The minimum atomic E-state index is -3.85. The highest BCUT2D eigenvalue weighted by atomic mass is 32.2. The number of rotatable bonds is 7. The summed E-state index contributed by atoms with van der Waals surface area (Å²) in [7, 11) is -2.31. The summed E-state index contributed by atoms with van der Waals surface area (Å²) in [6.45, 7) is 3.25. The van der Waals surface area contributed by atoms with Crippen LogP contribution in [0.4, 0.5) is 5.69 Å². The average molecular weight is 446 g/mol. The maximum absolute atomic E-state index is 12.9. The van der Waals surface area contributed by atoms with Crippen LogP contribution in [0, 0.1) is 5.92 Å². The van der Waals surface area contributed by atoms with Crippen LogP contribution < -0.4 is 14.8 Å². The highest BCUT2D eigenvalue weighted by Gasteiger charge is 2.25. The van der Waals surface area contributed by atoms with Crippen LogP contribution in [0.25, 0.3) is 0 Å². The fraction of sp³-hybridized carbons (Fsp3) is 0.364. The van der Waals surface area contributed by atoms with Crippen LogP contribution in [0.5, 0.6) is 5.75 Å². The minimum Gasteiger partial charge on any atom is -0.497 e. The van der Waals surface area contributed by atoms with Gasteiger partial charge in [-0.1, -0.05) is 6.07 Å². The molecule has 2 aromatic rings. The molecule has 1 aliphatic rings. The molecule has 0 atom stereocenters. The first kappa shape index (κ1) is 22.6. The van der Waals surface area contributed by atoms with Crippen LogP contribution in [0.15, 0.2) is 53.4 Å². The number of hydrogen-bond donors (Lipinski definition) is 2. The first-order chi connectivity index (χ1) is 14.8. The molecule has 2 N–H and O–H groups in total. The molecule has 31 heavy (non-hydrogen) atoms. The number of anilines is 1. The fourth-order valence-corrected chi connectivity index (χ4v) is 4.58. The standard InChI is InChI=1S/C22H27N3O5S/c1-16(26)23-15-17-10-12-25(13-11-17)22(27)18-4-3-5-21(14-18)31(28,29)24-19-6-8-20(30-2)9-7-19/h3-9,14,17,24H,10-13,15H2,1-2H3,(H,23,26). The summed E-state index contributed by atoms with van der Waals surface area (Å²) in [5, 5.41) is 2.82. The predicted octanol–water partition coefficient (Wildman–Crippen LogP) is 2.48. The van der Waals surface area contributed by atoms with Crippen LogP contribution in [-0.2, 0) is 14.8 Å². The zero-order valence-electron chi connectivity index (χ0n) is 17.6. The number of sulfonamides is 1. The highest BCUT2D eigenvalue weighted by molar-refractivity contribution is 7.92. The summed E-state index contributed by atoms with van der Waals surface area (Å²) in [4.78, 5) is 25.7. The molecule has 0 unspecified atom stereocenters. The monoisotopic (exact) mass is 445 g/mol. The van der Waals surface area contributed by atoms with E-state index in [-0.39, 0.29) is 16.7 Å². The van der Waals surface area contributed by atoms with Gasteiger partial charge in [0.05, 0.1) is 12.0 Å². The van der Waals surface area contributed by atoms with Crippen molar-refractivity contribution in [2.24, 2.45) is 5.92 Å². The van der Waals surface area contributed by atoms with Crippen molar-refractivity contribution in [3.8, 4) is 5.75 Å². The molecule has 1 fully saturated rings. The molecular formula is C22H27N3O5S. The van der Waals surface area contributed by atoms with Crippen LogP contribution in [0.1, 0.15) is 30.1 Å². The van der Waals surface area contributed by atoms with Crippen LogP contribution in [0.3, 0.4) is 0 Å². The summed E-state index contributed by atoms with van der Waals surface area (Å²) in [5.74, 6) is 0.712. The number of amides is 2. The quantitative estimate of drug-likeness (QED) is 0.681. The molecule has 0 aliphatic carbocycles. The third-order valence-electron chi connectivity index (χ3n) is 5.27. The van der Waals surface area contributed by atoms with E-state index in [0.29, 0.717) is 42.6 Å². The second kappa shape index (κ2) is 9.82. The Morgan fingerprint density at radius 2 is 1.77 bits per heavy atom. The number of benzene rings is 2. The summed E-state index contributed by atoms with van der Waals surface area (Å²) in [6, 6.07) is 12.6. The number of likely N-dealkylation sites (tertiary alicyclic amines) is 1. The number of nitrogens with one attached hydrogen (secondary N) is 2. The smallest absolute Gasteiger partial charge is 0.261 e. The fourth-order valence-electron chi connectivity index (χ4n) is 3.48. The highest BCUT2D eigenvalue weighted by Crippen LogP contribution is 2.22. The molecule has 0 saturated carbocycles. The molecule has 1 aliphatic heterocycles. The Kier molecular flexibility index (Phi) is 7.17. The Labute approximate surface area is 182 Å². The number of carbonyl (C=O) groups is 2. The van der Waals surface area contributed by atoms with Crippen molar-refractivity contribution in [2.75, 3.05) is 31.5 Å². The molecular weight excluding hydrogens is 418 g/mol. The molecule has 8 nitrogen and oxygen atoms in total. The van der Waals surface area contributed by atoms with Gasteiger partial charge in [-0.15, -0.1) is 0 Å². The van der Waals surface area contributed by atoms with Gasteiger partial charge < -0.3 is 15.0 Å². The van der Waals surface area contributed by atoms with Gasteiger partial charge in [0.2, 0.25) is 5.91 Å². The lowest BCUT2D eigenvalue weighted by molar-refractivity contribution is -0.119. The van der Waals surface area contributed by atoms with Crippen molar-refractivity contribution in [3.05, 3.63) is 54.1 Å². The molecule has 1 heterocycles. The Balaban J connectivity index is 1.66. The largest absolute Gasteiger partial charge is 0.497 e. The summed E-state index contributed by atoms with van der Waals surface area (Å²) >= 11 is 0. The van der Waals surface area contributed by atoms with E-state index in [0.717, 1.165) is 12.8 Å². The van der Waals surface area contributed by atoms with E-state index in [1.807, 2.05) is 0 Å². The van der Waals surface area contributed by atoms with Gasteiger partial charge in [-0.3, -0.25) is 14.3 Å². The average Bonchev–Trinajstić information content (AvgIpc) is 2.78. The molecule has 166 valence electrons. The molecule has 0 bridgehead atoms. The first-order valence-corrected chi connectivity index (χ1v) is 11.6. The molecule has 1 saturated heterocycles. The Morgan fingerprint density at radius 3 is 2.39 bits per heavy atom.